The molecule has 200 valence electrons. The first-order valence-corrected chi connectivity index (χ1v) is 13.5. The van der Waals surface area contributed by atoms with Crippen molar-refractivity contribution in [2.75, 3.05) is 18.4 Å². The Morgan fingerprint density at radius 1 is 0.842 bits per heavy atom. The Morgan fingerprint density at radius 3 is 2.16 bits per heavy atom. The summed E-state index contributed by atoms with van der Waals surface area (Å²) in [6.45, 7) is -0.687. The number of amides is 4. The smallest absolute Gasteiger partial charge is 0.323 e. The van der Waals surface area contributed by atoms with Gasteiger partial charge in [-0.15, -0.1) is 11.3 Å². The number of hydrogen-bond donors (Lipinski definition) is 6. The van der Waals surface area contributed by atoms with E-state index in [0.717, 1.165) is 16.9 Å². The monoisotopic (exact) mass is 559 g/mol. The van der Waals surface area contributed by atoms with Crippen LogP contribution >= 0.6 is 11.3 Å². The zero-order valence-electron chi connectivity index (χ0n) is 19.8. The highest BCUT2D eigenvalue weighted by Gasteiger charge is 2.26. The zero-order chi connectivity index (χ0) is 27.5. The number of rotatable bonds is 12. The summed E-state index contributed by atoms with van der Waals surface area (Å²) in [5.41, 5.74) is 0.926. The molecule has 12 nitrogen and oxygen atoms in total. The number of benzene rings is 2. The average Bonchev–Trinajstić information content (AvgIpc) is 3.38. The summed E-state index contributed by atoms with van der Waals surface area (Å²) in [5, 5.41) is 19.7. The standard InChI is InChI=1S/C24H25N5O7S2/c30-20(25-14-18(23(32)33)29-38(35,36)17-9-5-2-6-10-17)15-26-22(31)19-11-12-21(37-19)28-24(34)27-13-16-7-3-1-4-8-16/h1-12,18,29H,13-15H2,(H,25,30)(H,26,31)(H,32,33)(H2,27,28,34)/t18-/m0/s1. The molecule has 0 saturated carbocycles. The Balaban J connectivity index is 1.43. The lowest BCUT2D eigenvalue weighted by molar-refractivity contribution is -0.138. The van der Waals surface area contributed by atoms with Gasteiger partial charge in [-0.25, -0.2) is 13.2 Å². The second-order valence-corrected chi connectivity index (χ2v) is 10.6. The van der Waals surface area contributed by atoms with Crippen LogP contribution in [0, 0.1) is 0 Å². The van der Waals surface area contributed by atoms with Gasteiger partial charge in [0.2, 0.25) is 15.9 Å². The molecule has 1 aromatic heterocycles. The van der Waals surface area contributed by atoms with Crippen LogP contribution in [0.4, 0.5) is 9.80 Å². The molecule has 38 heavy (non-hydrogen) atoms. The topological polar surface area (TPSA) is 183 Å². The van der Waals surface area contributed by atoms with Crippen molar-refractivity contribution < 1.29 is 32.7 Å². The molecule has 0 aliphatic carbocycles. The van der Waals surface area contributed by atoms with Gasteiger partial charge in [-0.1, -0.05) is 48.5 Å². The average molecular weight is 560 g/mol. The summed E-state index contributed by atoms with van der Waals surface area (Å²) in [5.74, 6) is -2.79. The third-order valence-electron chi connectivity index (χ3n) is 4.92. The number of carbonyl (C=O) groups excluding carboxylic acids is 3. The summed E-state index contributed by atoms with van der Waals surface area (Å²) in [6, 6.07) is 17.5. The number of urea groups is 1. The number of sulfonamides is 1. The SMILES string of the molecule is O=C(CNC(=O)c1ccc(NC(=O)NCc2ccccc2)s1)NC[C@H](NS(=O)(=O)c1ccccc1)C(=O)O. The van der Waals surface area contributed by atoms with Crippen LogP contribution in [-0.2, 0) is 26.2 Å². The minimum absolute atomic E-state index is 0.122. The van der Waals surface area contributed by atoms with E-state index in [1.807, 2.05) is 35.1 Å². The molecule has 0 saturated heterocycles. The third-order valence-corrected chi connectivity index (χ3v) is 7.41. The molecule has 3 aromatic rings. The maximum absolute atomic E-state index is 12.4. The molecule has 0 bridgehead atoms. The van der Waals surface area contributed by atoms with Gasteiger partial charge < -0.3 is 21.1 Å². The van der Waals surface area contributed by atoms with Crippen LogP contribution in [0.2, 0.25) is 0 Å². The van der Waals surface area contributed by atoms with Crippen LogP contribution in [0.25, 0.3) is 0 Å². The van der Waals surface area contributed by atoms with Crippen LogP contribution in [-0.4, -0.2) is 56.5 Å². The van der Waals surface area contributed by atoms with Crippen LogP contribution < -0.4 is 26.0 Å². The van der Waals surface area contributed by atoms with E-state index in [4.69, 9.17) is 0 Å². The number of hydrogen-bond acceptors (Lipinski definition) is 7. The van der Waals surface area contributed by atoms with Gasteiger partial charge in [0.1, 0.15) is 6.04 Å². The highest BCUT2D eigenvalue weighted by molar-refractivity contribution is 7.89. The van der Waals surface area contributed by atoms with Gasteiger partial charge in [-0.2, -0.15) is 4.72 Å². The first-order chi connectivity index (χ1) is 18.1. The Bertz CT molecular complexity index is 1380. The molecular weight excluding hydrogens is 534 g/mol. The molecule has 3 rings (SSSR count). The van der Waals surface area contributed by atoms with Crippen molar-refractivity contribution >= 4 is 50.2 Å². The quantitative estimate of drug-likeness (QED) is 0.193. The Kier molecular flexibility index (Phi) is 9.92. The predicted octanol–water partition coefficient (Wildman–Crippen LogP) is 1.35. The Morgan fingerprint density at radius 2 is 1.50 bits per heavy atom. The zero-order valence-corrected chi connectivity index (χ0v) is 21.5. The molecule has 2 aromatic carbocycles. The Hall–Kier alpha value is -4.27. The number of aliphatic carboxylic acids is 1. The van der Waals surface area contributed by atoms with E-state index in [1.165, 1.54) is 36.4 Å². The Labute approximate surface area is 222 Å². The van der Waals surface area contributed by atoms with Crippen molar-refractivity contribution in [1.29, 1.82) is 0 Å². The third kappa shape index (κ3) is 8.69. The maximum atomic E-state index is 12.4. The molecule has 0 unspecified atom stereocenters. The van der Waals surface area contributed by atoms with E-state index in [-0.39, 0.29) is 9.77 Å². The number of carboxylic acids is 1. The van der Waals surface area contributed by atoms with Gasteiger partial charge in [-0.05, 0) is 29.8 Å². The molecular formula is C24H25N5O7S2. The van der Waals surface area contributed by atoms with Gasteiger partial charge in [0.05, 0.1) is 21.3 Å². The number of thiophene rings is 1. The molecule has 0 aliphatic rings. The maximum Gasteiger partial charge on any atom is 0.323 e. The summed E-state index contributed by atoms with van der Waals surface area (Å²) in [4.78, 5) is 48.1. The number of nitrogens with one attached hydrogen (secondary N) is 5. The van der Waals surface area contributed by atoms with Crippen molar-refractivity contribution in [2.24, 2.45) is 0 Å². The summed E-state index contributed by atoms with van der Waals surface area (Å²) in [7, 11) is -4.12. The van der Waals surface area contributed by atoms with Crippen LogP contribution in [0.5, 0.6) is 0 Å². The van der Waals surface area contributed by atoms with Crippen molar-refractivity contribution in [3.05, 3.63) is 83.2 Å². The highest BCUT2D eigenvalue weighted by Crippen LogP contribution is 2.21. The van der Waals surface area contributed by atoms with E-state index < -0.39 is 53.0 Å². The molecule has 0 radical (unpaired) electrons. The summed E-state index contributed by atoms with van der Waals surface area (Å²) in [6.07, 6.45) is 0. The van der Waals surface area contributed by atoms with Gasteiger partial charge >= 0.3 is 12.0 Å². The van der Waals surface area contributed by atoms with Gasteiger partial charge in [-0.3, -0.25) is 19.7 Å². The number of carboxylic acid groups (broad SMARTS) is 1. The van der Waals surface area contributed by atoms with E-state index in [1.54, 1.807) is 6.07 Å². The predicted molar refractivity (Wildman–Crippen MR) is 140 cm³/mol. The van der Waals surface area contributed by atoms with Crippen molar-refractivity contribution in [2.45, 2.75) is 17.5 Å². The van der Waals surface area contributed by atoms with E-state index >= 15 is 0 Å². The molecule has 4 amide bonds. The van der Waals surface area contributed by atoms with E-state index in [0.29, 0.717) is 11.5 Å². The van der Waals surface area contributed by atoms with Crippen molar-refractivity contribution in [1.82, 2.24) is 20.7 Å². The van der Waals surface area contributed by atoms with Crippen molar-refractivity contribution in [3.8, 4) is 0 Å². The van der Waals surface area contributed by atoms with Crippen LogP contribution in [0.15, 0.2) is 77.7 Å². The highest BCUT2D eigenvalue weighted by atomic mass is 32.2. The second kappa shape index (κ2) is 13.3. The van der Waals surface area contributed by atoms with Gasteiger partial charge in [0, 0.05) is 13.1 Å². The molecule has 6 N–H and O–H groups in total. The summed E-state index contributed by atoms with van der Waals surface area (Å²) >= 11 is 0.999. The van der Waals surface area contributed by atoms with E-state index in [2.05, 4.69) is 21.3 Å². The van der Waals surface area contributed by atoms with Crippen LogP contribution in [0.1, 0.15) is 15.2 Å². The lowest BCUT2D eigenvalue weighted by Crippen LogP contribution is -2.49. The number of anilines is 1. The molecule has 0 fully saturated rings. The lowest BCUT2D eigenvalue weighted by atomic mass is 10.2. The van der Waals surface area contributed by atoms with Gasteiger partial charge in [0.15, 0.2) is 0 Å². The minimum atomic E-state index is -4.12. The fourth-order valence-electron chi connectivity index (χ4n) is 3.02. The molecule has 0 aliphatic heterocycles. The molecule has 14 heteroatoms. The normalized spacial score (nSPS) is 11.7. The summed E-state index contributed by atoms with van der Waals surface area (Å²) < 4.78 is 26.7. The second-order valence-electron chi connectivity index (χ2n) is 7.77. The van der Waals surface area contributed by atoms with Gasteiger partial charge in [0.25, 0.3) is 5.91 Å². The lowest BCUT2D eigenvalue weighted by Gasteiger charge is -2.15. The molecule has 0 spiro atoms. The van der Waals surface area contributed by atoms with Crippen molar-refractivity contribution in [3.63, 3.8) is 0 Å². The minimum Gasteiger partial charge on any atom is -0.480 e. The first-order valence-electron chi connectivity index (χ1n) is 11.2. The number of carbonyl (C=O) groups is 4. The fraction of sp³-hybridized carbons (Fsp3) is 0.167. The first kappa shape index (κ1) is 28.3. The van der Waals surface area contributed by atoms with Crippen LogP contribution in [0.3, 0.4) is 0 Å². The largest absolute Gasteiger partial charge is 0.480 e. The van der Waals surface area contributed by atoms with E-state index in [9.17, 15) is 32.7 Å². The molecule has 1 heterocycles. The molecule has 1 atom stereocenters. The fourth-order valence-corrected chi connectivity index (χ4v) is 5.05.